The fourth-order valence-electron chi connectivity index (χ4n) is 4.75. The first-order valence-electron chi connectivity index (χ1n) is 11.0. The molecule has 31 heavy (non-hydrogen) atoms. The third-order valence-electron chi connectivity index (χ3n) is 6.48. The Kier molecular flexibility index (Phi) is 5.47. The predicted octanol–water partition coefficient (Wildman–Crippen LogP) is 3.20. The first kappa shape index (κ1) is 19.8. The van der Waals surface area contributed by atoms with Crippen molar-refractivity contribution < 1.29 is 4.74 Å². The Morgan fingerprint density at radius 1 is 1.00 bits per heavy atom. The van der Waals surface area contributed by atoms with E-state index in [4.69, 9.17) is 4.74 Å². The van der Waals surface area contributed by atoms with Crippen LogP contribution in [0.15, 0.2) is 71.8 Å². The number of pyridine rings is 2. The number of aromatic nitrogens is 2. The van der Waals surface area contributed by atoms with Gasteiger partial charge in [-0.3, -0.25) is 9.36 Å². The zero-order valence-corrected chi connectivity index (χ0v) is 17.9. The fraction of sp³-hybridized carbons (Fsp3) is 0.360. The molecule has 2 aliphatic rings. The van der Waals surface area contributed by atoms with Crippen molar-refractivity contribution in [1.29, 1.82) is 0 Å². The Morgan fingerprint density at radius 2 is 1.77 bits per heavy atom. The maximum absolute atomic E-state index is 12.6. The second-order valence-corrected chi connectivity index (χ2v) is 8.50. The standard InChI is InChI=1S/C25H28N4O2/c1-2-27-14-20-16-28(17-21(20)15-27)24-9-8-22(13-26-24)29-11-10-23(12-25(29)30)31-18-19-6-4-3-5-7-19/h3-13,20-21H,2,14-18H2,1H3. The normalized spacial score (nSPS) is 20.7. The van der Waals surface area contributed by atoms with Crippen molar-refractivity contribution in [3.05, 3.63) is 82.9 Å². The van der Waals surface area contributed by atoms with Gasteiger partial charge in [-0.15, -0.1) is 0 Å². The molecule has 2 fully saturated rings. The molecule has 1 aromatic carbocycles. The van der Waals surface area contributed by atoms with Gasteiger partial charge in [0.2, 0.25) is 0 Å². The van der Waals surface area contributed by atoms with Crippen LogP contribution in [-0.2, 0) is 6.61 Å². The number of rotatable bonds is 6. The summed E-state index contributed by atoms with van der Waals surface area (Å²) in [5.41, 5.74) is 1.70. The summed E-state index contributed by atoms with van der Waals surface area (Å²) in [5, 5.41) is 0. The number of benzene rings is 1. The van der Waals surface area contributed by atoms with Crippen molar-refractivity contribution in [1.82, 2.24) is 14.5 Å². The molecule has 0 aliphatic carbocycles. The second-order valence-electron chi connectivity index (χ2n) is 8.50. The summed E-state index contributed by atoms with van der Waals surface area (Å²) in [6.45, 7) is 8.36. The third-order valence-corrected chi connectivity index (χ3v) is 6.48. The Hall–Kier alpha value is -3.12. The summed E-state index contributed by atoms with van der Waals surface area (Å²) in [6, 6.07) is 17.3. The summed E-state index contributed by atoms with van der Waals surface area (Å²) >= 11 is 0. The molecule has 2 unspecified atom stereocenters. The van der Waals surface area contributed by atoms with Gasteiger partial charge in [-0.25, -0.2) is 4.98 Å². The first-order valence-corrected chi connectivity index (χ1v) is 11.0. The minimum Gasteiger partial charge on any atom is -0.489 e. The maximum atomic E-state index is 12.6. The zero-order chi connectivity index (χ0) is 21.2. The number of fused-ring (bicyclic) bond motifs is 1. The van der Waals surface area contributed by atoms with Crippen molar-refractivity contribution in [2.24, 2.45) is 11.8 Å². The van der Waals surface area contributed by atoms with Gasteiger partial charge in [0.1, 0.15) is 18.2 Å². The first-order chi connectivity index (χ1) is 15.2. The molecule has 6 heteroatoms. The van der Waals surface area contributed by atoms with Gasteiger partial charge in [0, 0.05) is 38.4 Å². The van der Waals surface area contributed by atoms with E-state index >= 15 is 0 Å². The highest BCUT2D eigenvalue weighted by Crippen LogP contribution is 2.33. The molecule has 2 atom stereocenters. The molecule has 0 radical (unpaired) electrons. The van der Waals surface area contributed by atoms with E-state index in [1.165, 1.54) is 19.2 Å². The largest absolute Gasteiger partial charge is 0.489 e. The van der Waals surface area contributed by atoms with Gasteiger partial charge in [-0.1, -0.05) is 37.3 Å². The molecule has 6 nitrogen and oxygen atoms in total. The molecular weight excluding hydrogens is 388 g/mol. The molecule has 160 valence electrons. The number of anilines is 1. The average molecular weight is 417 g/mol. The molecule has 3 aromatic rings. The van der Waals surface area contributed by atoms with Crippen LogP contribution in [0.5, 0.6) is 5.75 Å². The van der Waals surface area contributed by atoms with Crippen molar-refractivity contribution in [3.8, 4) is 11.4 Å². The topological polar surface area (TPSA) is 50.6 Å². The molecule has 2 saturated heterocycles. The van der Waals surface area contributed by atoms with E-state index in [-0.39, 0.29) is 5.56 Å². The van der Waals surface area contributed by atoms with Crippen LogP contribution in [-0.4, -0.2) is 47.2 Å². The predicted molar refractivity (Wildman–Crippen MR) is 122 cm³/mol. The number of likely N-dealkylation sites (tertiary alicyclic amines) is 1. The van der Waals surface area contributed by atoms with E-state index in [0.717, 1.165) is 48.5 Å². The number of hydrogen-bond acceptors (Lipinski definition) is 5. The molecule has 0 amide bonds. The number of nitrogens with zero attached hydrogens (tertiary/aromatic N) is 4. The van der Waals surface area contributed by atoms with Crippen LogP contribution in [0.4, 0.5) is 5.82 Å². The molecule has 2 aliphatic heterocycles. The molecule has 0 N–H and O–H groups in total. The summed E-state index contributed by atoms with van der Waals surface area (Å²) in [7, 11) is 0. The van der Waals surface area contributed by atoms with Gasteiger partial charge in [-0.2, -0.15) is 0 Å². The minimum atomic E-state index is -0.129. The summed E-state index contributed by atoms with van der Waals surface area (Å²) < 4.78 is 7.36. The van der Waals surface area contributed by atoms with Crippen LogP contribution in [0.1, 0.15) is 12.5 Å². The molecule has 4 heterocycles. The molecule has 0 saturated carbocycles. The fourth-order valence-corrected chi connectivity index (χ4v) is 4.75. The minimum absolute atomic E-state index is 0.129. The Labute approximate surface area is 182 Å². The second kappa shape index (κ2) is 8.55. The summed E-state index contributed by atoms with van der Waals surface area (Å²) in [4.78, 5) is 22.2. The van der Waals surface area contributed by atoms with Gasteiger partial charge in [-0.05, 0) is 42.1 Å². The van der Waals surface area contributed by atoms with Crippen molar-refractivity contribution in [2.75, 3.05) is 37.6 Å². The number of ether oxygens (including phenoxy) is 1. The van der Waals surface area contributed by atoms with E-state index in [1.807, 2.05) is 48.5 Å². The van der Waals surface area contributed by atoms with E-state index < -0.39 is 0 Å². The maximum Gasteiger partial charge on any atom is 0.258 e. The highest BCUT2D eigenvalue weighted by molar-refractivity contribution is 5.45. The average Bonchev–Trinajstić information content (AvgIpc) is 3.38. The third kappa shape index (κ3) is 4.21. The van der Waals surface area contributed by atoms with Gasteiger partial charge < -0.3 is 14.5 Å². The van der Waals surface area contributed by atoms with Gasteiger partial charge >= 0.3 is 0 Å². The van der Waals surface area contributed by atoms with Crippen LogP contribution in [0.3, 0.4) is 0 Å². The zero-order valence-electron chi connectivity index (χ0n) is 17.9. The van der Waals surface area contributed by atoms with Gasteiger partial charge in [0.05, 0.1) is 11.9 Å². The van der Waals surface area contributed by atoms with Crippen LogP contribution < -0.4 is 15.2 Å². The van der Waals surface area contributed by atoms with Crippen LogP contribution in [0, 0.1) is 11.8 Å². The molecule has 0 spiro atoms. The van der Waals surface area contributed by atoms with Gasteiger partial charge in [0.15, 0.2) is 0 Å². The lowest BCUT2D eigenvalue weighted by Gasteiger charge is -2.21. The molecule has 0 bridgehead atoms. The molecular formula is C25H28N4O2. The summed E-state index contributed by atoms with van der Waals surface area (Å²) in [5.74, 6) is 3.05. The van der Waals surface area contributed by atoms with Crippen LogP contribution in [0.2, 0.25) is 0 Å². The van der Waals surface area contributed by atoms with Crippen LogP contribution >= 0.6 is 0 Å². The number of hydrogen-bond donors (Lipinski definition) is 0. The smallest absolute Gasteiger partial charge is 0.258 e. The monoisotopic (exact) mass is 416 g/mol. The van der Waals surface area contributed by atoms with Crippen molar-refractivity contribution in [3.63, 3.8) is 0 Å². The Morgan fingerprint density at radius 3 is 2.42 bits per heavy atom. The lowest BCUT2D eigenvalue weighted by molar-refractivity contribution is 0.305. The van der Waals surface area contributed by atoms with Crippen molar-refractivity contribution in [2.45, 2.75) is 13.5 Å². The van der Waals surface area contributed by atoms with E-state index in [9.17, 15) is 4.79 Å². The lowest BCUT2D eigenvalue weighted by atomic mass is 10.0. The van der Waals surface area contributed by atoms with Crippen molar-refractivity contribution >= 4 is 5.82 Å². The highest BCUT2D eigenvalue weighted by atomic mass is 16.5. The van der Waals surface area contributed by atoms with E-state index in [0.29, 0.717) is 12.4 Å². The SMILES string of the molecule is CCN1CC2CN(c3ccc(-n4ccc(OCc5ccccc5)cc4=O)cn3)CC2C1. The Bertz CT molecular complexity index is 1070. The Balaban J connectivity index is 1.24. The van der Waals surface area contributed by atoms with Crippen LogP contribution in [0.25, 0.3) is 5.69 Å². The summed E-state index contributed by atoms with van der Waals surface area (Å²) in [6.07, 6.45) is 3.53. The molecule has 2 aromatic heterocycles. The quantitative estimate of drug-likeness (QED) is 0.618. The van der Waals surface area contributed by atoms with E-state index in [1.54, 1.807) is 17.0 Å². The van der Waals surface area contributed by atoms with Gasteiger partial charge in [0.25, 0.3) is 5.56 Å². The molecule has 5 rings (SSSR count). The lowest BCUT2D eigenvalue weighted by Crippen LogP contribution is -2.29. The van der Waals surface area contributed by atoms with E-state index in [2.05, 4.69) is 21.7 Å². The highest BCUT2D eigenvalue weighted by Gasteiger charge is 2.39.